The quantitative estimate of drug-likeness (QED) is 0.799. The number of rotatable bonds is 4. The zero-order valence-electron chi connectivity index (χ0n) is 9.57. The highest BCUT2D eigenvalue weighted by Crippen LogP contribution is 2.20. The number of hydrogen-bond acceptors (Lipinski definition) is 3. The van der Waals surface area contributed by atoms with Gasteiger partial charge in [-0.05, 0) is 27.7 Å². The van der Waals surface area contributed by atoms with Crippen molar-refractivity contribution in [3.05, 3.63) is 11.3 Å². The van der Waals surface area contributed by atoms with Crippen LogP contribution in [0.3, 0.4) is 0 Å². The van der Waals surface area contributed by atoms with Crippen molar-refractivity contribution in [1.29, 1.82) is 0 Å². The molecular formula is C10H17N3O2. The van der Waals surface area contributed by atoms with E-state index in [9.17, 15) is 4.79 Å². The lowest BCUT2D eigenvalue weighted by Crippen LogP contribution is -2.20. The average molecular weight is 211 g/mol. The highest BCUT2D eigenvalue weighted by molar-refractivity contribution is 5.73. The second-order valence-corrected chi connectivity index (χ2v) is 3.81. The molecule has 0 aliphatic rings. The molecule has 0 fully saturated rings. The zero-order chi connectivity index (χ0) is 11.6. The number of primary amides is 1. The van der Waals surface area contributed by atoms with Crippen LogP contribution in [0, 0.1) is 13.8 Å². The zero-order valence-corrected chi connectivity index (χ0v) is 9.57. The fourth-order valence-electron chi connectivity index (χ4n) is 1.24. The van der Waals surface area contributed by atoms with E-state index >= 15 is 0 Å². The van der Waals surface area contributed by atoms with E-state index in [2.05, 4.69) is 5.10 Å². The van der Waals surface area contributed by atoms with E-state index in [1.54, 1.807) is 4.68 Å². The highest BCUT2D eigenvalue weighted by atomic mass is 16.5. The number of nitrogens with zero attached hydrogens (tertiary/aromatic N) is 2. The maximum absolute atomic E-state index is 10.8. The molecule has 5 nitrogen and oxygen atoms in total. The van der Waals surface area contributed by atoms with Crippen molar-refractivity contribution in [3.8, 4) is 5.88 Å². The molecule has 0 aliphatic carbocycles. The smallest absolute Gasteiger partial charge is 0.239 e. The lowest BCUT2D eigenvalue weighted by atomic mass is 10.3. The third-order valence-corrected chi connectivity index (χ3v) is 2.12. The second-order valence-electron chi connectivity index (χ2n) is 3.81. The molecule has 1 amide bonds. The lowest BCUT2D eigenvalue weighted by Gasteiger charge is -2.06. The Morgan fingerprint density at radius 2 is 2.13 bits per heavy atom. The number of aromatic nitrogens is 2. The molecule has 0 aromatic carbocycles. The van der Waals surface area contributed by atoms with Crippen molar-refractivity contribution in [2.45, 2.75) is 40.3 Å². The van der Waals surface area contributed by atoms with Crippen LogP contribution in [0.5, 0.6) is 5.88 Å². The van der Waals surface area contributed by atoms with Gasteiger partial charge in [-0.25, -0.2) is 0 Å². The molecule has 0 unspecified atom stereocenters. The number of carbonyl (C=O) groups is 1. The Hall–Kier alpha value is -1.52. The van der Waals surface area contributed by atoms with Crippen LogP contribution in [0.15, 0.2) is 0 Å². The van der Waals surface area contributed by atoms with Crippen molar-refractivity contribution in [3.63, 3.8) is 0 Å². The minimum Gasteiger partial charge on any atom is -0.474 e. The third kappa shape index (κ3) is 2.71. The van der Waals surface area contributed by atoms with E-state index in [1.807, 2.05) is 27.7 Å². The maximum Gasteiger partial charge on any atom is 0.239 e. The van der Waals surface area contributed by atoms with Crippen molar-refractivity contribution >= 4 is 5.91 Å². The van der Waals surface area contributed by atoms with Crippen LogP contribution >= 0.6 is 0 Å². The molecule has 1 rings (SSSR count). The Morgan fingerprint density at radius 3 is 2.60 bits per heavy atom. The number of ether oxygens (including phenoxy) is 1. The van der Waals surface area contributed by atoms with E-state index in [-0.39, 0.29) is 12.6 Å². The summed E-state index contributed by atoms with van der Waals surface area (Å²) in [6.45, 7) is 7.76. The van der Waals surface area contributed by atoms with Crippen molar-refractivity contribution in [1.82, 2.24) is 9.78 Å². The first-order valence-corrected chi connectivity index (χ1v) is 4.90. The first-order valence-electron chi connectivity index (χ1n) is 4.90. The largest absolute Gasteiger partial charge is 0.474 e. The molecule has 0 spiro atoms. The van der Waals surface area contributed by atoms with Crippen molar-refractivity contribution < 1.29 is 9.53 Å². The normalized spacial score (nSPS) is 10.7. The Labute approximate surface area is 89.2 Å². The lowest BCUT2D eigenvalue weighted by molar-refractivity contribution is -0.118. The fraction of sp³-hybridized carbons (Fsp3) is 0.600. The van der Waals surface area contributed by atoms with Crippen LogP contribution in [-0.2, 0) is 11.3 Å². The second kappa shape index (κ2) is 4.33. The summed E-state index contributed by atoms with van der Waals surface area (Å²) in [6, 6.07) is 0. The predicted molar refractivity (Wildman–Crippen MR) is 56.7 cm³/mol. The molecule has 84 valence electrons. The van der Waals surface area contributed by atoms with Crippen LogP contribution in [-0.4, -0.2) is 21.8 Å². The summed E-state index contributed by atoms with van der Waals surface area (Å²) in [6.07, 6.45) is 0.0695. The summed E-state index contributed by atoms with van der Waals surface area (Å²) in [5.41, 5.74) is 6.97. The first-order chi connectivity index (χ1) is 6.91. The number of nitrogens with two attached hydrogens (primary N) is 1. The molecule has 1 heterocycles. The van der Waals surface area contributed by atoms with Gasteiger partial charge in [0.2, 0.25) is 11.8 Å². The van der Waals surface area contributed by atoms with Gasteiger partial charge in [-0.3, -0.25) is 9.48 Å². The van der Waals surface area contributed by atoms with Crippen LogP contribution in [0.4, 0.5) is 0 Å². The van der Waals surface area contributed by atoms with E-state index in [0.29, 0.717) is 5.88 Å². The number of amides is 1. The standard InChI is InChI=1S/C10H17N3O2/c1-6(2)15-10-7(3)8(4)13(12-10)5-9(11)14/h6H,5H2,1-4H3,(H2,11,14). The molecule has 2 N–H and O–H groups in total. The molecule has 0 atom stereocenters. The number of hydrogen-bond donors (Lipinski definition) is 1. The average Bonchev–Trinajstić information content (AvgIpc) is 2.32. The SMILES string of the molecule is Cc1c(OC(C)C)nn(CC(N)=O)c1C. The minimum absolute atomic E-state index is 0.0695. The van der Waals surface area contributed by atoms with Gasteiger partial charge in [-0.1, -0.05) is 0 Å². The molecule has 15 heavy (non-hydrogen) atoms. The summed E-state index contributed by atoms with van der Waals surface area (Å²) >= 11 is 0. The van der Waals surface area contributed by atoms with Gasteiger partial charge < -0.3 is 10.5 Å². The van der Waals surface area contributed by atoms with Gasteiger partial charge in [0.05, 0.1) is 6.10 Å². The topological polar surface area (TPSA) is 70.1 Å². The van der Waals surface area contributed by atoms with Gasteiger partial charge in [0.25, 0.3) is 0 Å². The van der Waals surface area contributed by atoms with E-state index < -0.39 is 5.91 Å². The molecule has 5 heteroatoms. The summed E-state index contributed by atoms with van der Waals surface area (Å²) < 4.78 is 7.07. The van der Waals surface area contributed by atoms with Crippen LogP contribution in [0.25, 0.3) is 0 Å². The van der Waals surface area contributed by atoms with Gasteiger partial charge in [-0.2, -0.15) is 0 Å². The summed E-state index contributed by atoms with van der Waals surface area (Å²) in [5.74, 6) is 0.167. The van der Waals surface area contributed by atoms with Gasteiger partial charge in [0.15, 0.2) is 0 Å². The molecule has 0 aliphatic heterocycles. The van der Waals surface area contributed by atoms with Gasteiger partial charge >= 0.3 is 0 Å². The Balaban J connectivity index is 2.95. The molecule has 0 saturated carbocycles. The Morgan fingerprint density at radius 1 is 1.53 bits per heavy atom. The van der Waals surface area contributed by atoms with E-state index in [1.165, 1.54) is 0 Å². The molecule has 0 saturated heterocycles. The van der Waals surface area contributed by atoms with Crippen LogP contribution in [0.1, 0.15) is 25.1 Å². The summed E-state index contributed by atoms with van der Waals surface area (Å²) in [5, 5.41) is 4.18. The fourth-order valence-corrected chi connectivity index (χ4v) is 1.24. The summed E-state index contributed by atoms with van der Waals surface area (Å²) in [7, 11) is 0. The third-order valence-electron chi connectivity index (χ3n) is 2.12. The Kier molecular flexibility index (Phi) is 3.34. The predicted octanol–water partition coefficient (Wildman–Crippen LogP) is 0.772. The van der Waals surface area contributed by atoms with Crippen molar-refractivity contribution in [2.75, 3.05) is 0 Å². The maximum atomic E-state index is 10.8. The van der Waals surface area contributed by atoms with Gasteiger partial charge in [0.1, 0.15) is 6.54 Å². The van der Waals surface area contributed by atoms with Crippen LogP contribution in [0.2, 0.25) is 0 Å². The highest BCUT2D eigenvalue weighted by Gasteiger charge is 2.13. The molecule has 1 aromatic heterocycles. The summed E-state index contributed by atoms with van der Waals surface area (Å²) in [4.78, 5) is 10.8. The van der Waals surface area contributed by atoms with Crippen LogP contribution < -0.4 is 10.5 Å². The van der Waals surface area contributed by atoms with E-state index in [0.717, 1.165) is 11.3 Å². The van der Waals surface area contributed by atoms with E-state index in [4.69, 9.17) is 10.5 Å². The molecular weight excluding hydrogens is 194 g/mol. The van der Waals surface area contributed by atoms with Crippen molar-refractivity contribution in [2.24, 2.45) is 5.73 Å². The Bertz CT molecular complexity index is 369. The molecule has 1 aromatic rings. The van der Waals surface area contributed by atoms with Gasteiger partial charge in [-0.15, -0.1) is 5.10 Å². The number of carbonyl (C=O) groups excluding carboxylic acids is 1. The first kappa shape index (κ1) is 11.6. The van der Waals surface area contributed by atoms with Gasteiger partial charge in [0, 0.05) is 11.3 Å². The minimum atomic E-state index is -0.406. The monoisotopic (exact) mass is 211 g/mol. The molecule has 0 radical (unpaired) electrons. The molecule has 0 bridgehead atoms.